The summed E-state index contributed by atoms with van der Waals surface area (Å²) in [6.07, 6.45) is 6.40. The molecule has 2 saturated heterocycles. The van der Waals surface area contributed by atoms with Gasteiger partial charge in [-0.15, -0.1) is 11.3 Å². The number of thiazole rings is 1. The lowest BCUT2D eigenvalue weighted by molar-refractivity contribution is 0.147. The molecule has 0 aromatic carbocycles. The van der Waals surface area contributed by atoms with Crippen molar-refractivity contribution in [2.75, 3.05) is 32.4 Å². The van der Waals surface area contributed by atoms with Crippen LogP contribution in [0.15, 0.2) is 11.6 Å². The van der Waals surface area contributed by atoms with Crippen molar-refractivity contribution in [2.24, 2.45) is 5.41 Å². The second-order valence-electron chi connectivity index (χ2n) is 6.09. The van der Waals surface area contributed by atoms with Crippen LogP contribution in [0.5, 0.6) is 0 Å². The first-order valence-corrected chi connectivity index (χ1v) is 9.76. The first-order valence-electron chi connectivity index (χ1n) is 7.03. The third-order valence-electron chi connectivity index (χ3n) is 4.46. The fraction of sp³-hybridized carbons (Fsp3) is 0.769. The van der Waals surface area contributed by atoms with Crippen LogP contribution in [-0.2, 0) is 16.6 Å². The van der Waals surface area contributed by atoms with E-state index in [2.05, 4.69) is 9.88 Å². The normalized spacial score (nSPS) is 29.2. The van der Waals surface area contributed by atoms with Gasteiger partial charge in [0.05, 0.1) is 12.8 Å². The summed E-state index contributed by atoms with van der Waals surface area (Å²) in [5.41, 5.74) is 0.165. The molecule has 1 aromatic rings. The maximum absolute atomic E-state index is 11.8. The van der Waals surface area contributed by atoms with Gasteiger partial charge >= 0.3 is 0 Å². The Morgan fingerprint density at radius 1 is 1.35 bits per heavy atom. The molecule has 20 heavy (non-hydrogen) atoms. The summed E-state index contributed by atoms with van der Waals surface area (Å²) in [4.78, 5) is 6.76. The summed E-state index contributed by atoms with van der Waals surface area (Å²) < 4.78 is 25.2. The Balaban J connectivity index is 1.65. The van der Waals surface area contributed by atoms with Gasteiger partial charge in [0.25, 0.3) is 0 Å². The number of sulfonamides is 1. The quantitative estimate of drug-likeness (QED) is 0.846. The van der Waals surface area contributed by atoms with Crippen molar-refractivity contribution in [1.82, 2.24) is 14.2 Å². The summed E-state index contributed by atoms with van der Waals surface area (Å²) in [7, 11) is -3.05. The molecule has 0 N–H and O–H groups in total. The van der Waals surface area contributed by atoms with Crippen molar-refractivity contribution in [3.63, 3.8) is 0 Å². The smallest absolute Gasteiger partial charge is 0.211 e. The van der Waals surface area contributed by atoms with Gasteiger partial charge in [-0.2, -0.15) is 0 Å². The molecule has 7 heteroatoms. The summed E-state index contributed by atoms with van der Waals surface area (Å²) in [6, 6.07) is 0. The maximum atomic E-state index is 11.8. The van der Waals surface area contributed by atoms with E-state index < -0.39 is 10.0 Å². The molecule has 0 amide bonds. The van der Waals surface area contributed by atoms with E-state index in [1.807, 2.05) is 11.6 Å². The summed E-state index contributed by atoms with van der Waals surface area (Å²) in [6.45, 7) is 4.33. The molecule has 1 aromatic heterocycles. The molecule has 5 nitrogen and oxygen atoms in total. The molecule has 112 valence electrons. The van der Waals surface area contributed by atoms with Crippen LogP contribution in [0.3, 0.4) is 0 Å². The van der Waals surface area contributed by atoms with Crippen LogP contribution in [-0.4, -0.2) is 55.0 Å². The highest BCUT2D eigenvalue weighted by Gasteiger charge is 2.43. The predicted octanol–water partition coefficient (Wildman–Crippen LogP) is 1.39. The number of aromatic nitrogens is 1. The van der Waals surface area contributed by atoms with E-state index in [0.717, 1.165) is 43.9 Å². The topological polar surface area (TPSA) is 53.5 Å². The van der Waals surface area contributed by atoms with Crippen molar-refractivity contribution in [3.05, 3.63) is 16.6 Å². The Morgan fingerprint density at radius 2 is 2.20 bits per heavy atom. The molecule has 0 radical (unpaired) electrons. The van der Waals surface area contributed by atoms with Crippen molar-refractivity contribution in [3.8, 4) is 0 Å². The molecule has 1 atom stereocenters. The largest absolute Gasteiger partial charge is 0.296 e. The lowest BCUT2D eigenvalue weighted by Crippen LogP contribution is -2.46. The SMILES string of the molecule is CS(=O)(=O)N1CCC[C@@]2(CCN(Cc3nccs3)C2)C1. The summed E-state index contributed by atoms with van der Waals surface area (Å²) >= 11 is 1.69. The lowest BCUT2D eigenvalue weighted by Gasteiger charge is -2.39. The number of rotatable bonds is 3. The highest BCUT2D eigenvalue weighted by atomic mass is 32.2. The molecule has 3 heterocycles. The zero-order valence-electron chi connectivity index (χ0n) is 11.8. The number of piperidine rings is 1. The maximum Gasteiger partial charge on any atom is 0.211 e. The van der Waals surface area contributed by atoms with Crippen LogP contribution in [0.2, 0.25) is 0 Å². The van der Waals surface area contributed by atoms with Crippen molar-refractivity contribution >= 4 is 21.4 Å². The molecule has 1 spiro atoms. The highest BCUT2D eigenvalue weighted by Crippen LogP contribution is 2.40. The van der Waals surface area contributed by atoms with E-state index in [-0.39, 0.29) is 5.41 Å². The second kappa shape index (κ2) is 5.36. The number of hydrogen-bond donors (Lipinski definition) is 0. The van der Waals surface area contributed by atoms with Crippen LogP contribution in [0, 0.1) is 5.41 Å². The number of hydrogen-bond acceptors (Lipinski definition) is 5. The third kappa shape index (κ3) is 3.05. The van der Waals surface area contributed by atoms with Crippen molar-refractivity contribution in [2.45, 2.75) is 25.8 Å². The minimum atomic E-state index is -3.05. The molecular weight excluding hydrogens is 294 g/mol. The van der Waals surface area contributed by atoms with Gasteiger partial charge in [0, 0.05) is 31.2 Å². The van der Waals surface area contributed by atoms with Crippen LogP contribution in [0.25, 0.3) is 0 Å². The summed E-state index contributed by atoms with van der Waals surface area (Å²) in [5.74, 6) is 0. The molecule has 0 saturated carbocycles. The minimum absolute atomic E-state index is 0.165. The Labute approximate surface area is 124 Å². The van der Waals surface area contributed by atoms with Crippen LogP contribution < -0.4 is 0 Å². The zero-order chi connectivity index (χ0) is 14.2. The highest BCUT2D eigenvalue weighted by molar-refractivity contribution is 7.88. The van der Waals surface area contributed by atoms with Gasteiger partial charge in [0.2, 0.25) is 10.0 Å². The monoisotopic (exact) mass is 315 g/mol. The Kier molecular flexibility index (Phi) is 3.87. The fourth-order valence-electron chi connectivity index (χ4n) is 3.46. The molecule has 0 unspecified atom stereocenters. The fourth-order valence-corrected chi connectivity index (χ4v) is 5.09. The van der Waals surface area contributed by atoms with Crippen LogP contribution in [0.4, 0.5) is 0 Å². The van der Waals surface area contributed by atoms with Gasteiger partial charge in [0.1, 0.15) is 5.01 Å². The average molecular weight is 315 g/mol. The Bertz CT molecular complexity index is 558. The number of nitrogens with zero attached hydrogens (tertiary/aromatic N) is 3. The van der Waals surface area contributed by atoms with Crippen molar-refractivity contribution in [1.29, 1.82) is 0 Å². The predicted molar refractivity (Wildman–Crippen MR) is 80.1 cm³/mol. The molecule has 0 aliphatic carbocycles. The molecule has 0 bridgehead atoms. The summed E-state index contributed by atoms with van der Waals surface area (Å²) in [5, 5.41) is 3.16. The lowest BCUT2D eigenvalue weighted by atomic mass is 9.80. The van der Waals surface area contributed by atoms with Gasteiger partial charge in [-0.05, 0) is 31.2 Å². The standard InChI is InChI=1S/C13H21N3O2S2/c1-20(17,18)16-6-2-3-13(11-16)4-7-15(10-13)9-12-14-5-8-19-12/h5,8H,2-4,6-7,9-11H2,1H3/t13-/m0/s1. The first kappa shape index (κ1) is 14.4. The van der Waals surface area contributed by atoms with E-state index >= 15 is 0 Å². The first-order chi connectivity index (χ1) is 9.47. The molecule has 2 fully saturated rings. The minimum Gasteiger partial charge on any atom is -0.296 e. The van der Waals surface area contributed by atoms with Gasteiger partial charge in [-0.1, -0.05) is 0 Å². The zero-order valence-corrected chi connectivity index (χ0v) is 13.4. The Morgan fingerprint density at radius 3 is 2.90 bits per heavy atom. The second-order valence-corrected chi connectivity index (χ2v) is 9.05. The van der Waals surface area contributed by atoms with Gasteiger partial charge < -0.3 is 0 Å². The van der Waals surface area contributed by atoms with E-state index in [1.165, 1.54) is 6.26 Å². The molecule has 2 aliphatic rings. The van der Waals surface area contributed by atoms with E-state index in [0.29, 0.717) is 13.1 Å². The van der Waals surface area contributed by atoms with Gasteiger partial charge in [-0.3, -0.25) is 4.90 Å². The van der Waals surface area contributed by atoms with E-state index in [1.54, 1.807) is 15.6 Å². The van der Waals surface area contributed by atoms with Crippen LogP contribution >= 0.6 is 11.3 Å². The van der Waals surface area contributed by atoms with Crippen LogP contribution in [0.1, 0.15) is 24.3 Å². The van der Waals surface area contributed by atoms with E-state index in [4.69, 9.17) is 0 Å². The number of likely N-dealkylation sites (tertiary alicyclic amines) is 1. The third-order valence-corrected chi connectivity index (χ3v) is 6.47. The Hall–Kier alpha value is -0.500. The molecular formula is C13H21N3O2S2. The van der Waals surface area contributed by atoms with E-state index in [9.17, 15) is 8.42 Å². The molecule has 2 aliphatic heterocycles. The van der Waals surface area contributed by atoms with Crippen molar-refractivity contribution < 1.29 is 8.42 Å². The average Bonchev–Trinajstić information content (AvgIpc) is 3.00. The molecule has 3 rings (SSSR count). The van der Waals surface area contributed by atoms with Gasteiger partial charge in [-0.25, -0.2) is 17.7 Å². The van der Waals surface area contributed by atoms with Gasteiger partial charge in [0.15, 0.2) is 0 Å².